The lowest BCUT2D eigenvalue weighted by atomic mass is 9.97. The lowest BCUT2D eigenvalue weighted by molar-refractivity contribution is 0.140. The van der Waals surface area contributed by atoms with Gasteiger partial charge in [0.05, 0.1) is 30.3 Å². The van der Waals surface area contributed by atoms with Crippen molar-refractivity contribution in [3.05, 3.63) is 41.2 Å². The maximum Gasteiger partial charge on any atom is 0.414 e. The largest absolute Gasteiger partial charge is 0.444 e. The van der Waals surface area contributed by atoms with Crippen LogP contribution in [0.5, 0.6) is 0 Å². The number of aliphatic hydroxyl groups is 1. The van der Waals surface area contributed by atoms with Crippen LogP contribution in [0, 0.1) is 11.3 Å². The number of hydrogen-bond donors (Lipinski definition) is 2. The van der Waals surface area contributed by atoms with E-state index in [0.29, 0.717) is 24.4 Å². The molecule has 1 atom stereocenters. The first-order chi connectivity index (χ1) is 12.1. The Hall–Kier alpha value is -2.92. The van der Waals surface area contributed by atoms with Gasteiger partial charge in [-0.1, -0.05) is 12.1 Å². The van der Waals surface area contributed by atoms with Gasteiger partial charge in [0.15, 0.2) is 0 Å². The van der Waals surface area contributed by atoms with Gasteiger partial charge in [0, 0.05) is 12.1 Å². The summed E-state index contributed by atoms with van der Waals surface area (Å²) < 4.78 is 5.40. The summed E-state index contributed by atoms with van der Waals surface area (Å²) in [5.41, 5.74) is 2.47. The van der Waals surface area contributed by atoms with E-state index in [1.165, 1.54) is 0 Å². The van der Waals surface area contributed by atoms with Crippen molar-refractivity contribution in [2.75, 3.05) is 11.4 Å². The number of aromatic amines is 1. The molecule has 0 spiro atoms. The van der Waals surface area contributed by atoms with Crippen LogP contribution in [-0.4, -0.2) is 39.3 Å². The lowest BCUT2D eigenvalue weighted by Crippen LogP contribution is -2.25. The van der Waals surface area contributed by atoms with Crippen molar-refractivity contribution in [1.82, 2.24) is 15.4 Å². The zero-order valence-electron chi connectivity index (χ0n) is 13.5. The van der Waals surface area contributed by atoms with Crippen molar-refractivity contribution < 1.29 is 14.6 Å². The molecule has 0 unspecified atom stereocenters. The summed E-state index contributed by atoms with van der Waals surface area (Å²) in [5, 5.41) is 28.8. The number of H-pyrrole nitrogens is 1. The number of hydrogen-bond acceptors (Lipinski definition) is 6. The number of rotatable bonds is 5. The summed E-state index contributed by atoms with van der Waals surface area (Å²) in [4.78, 5) is 13.7. The van der Waals surface area contributed by atoms with E-state index in [1.54, 1.807) is 4.90 Å². The van der Waals surface area contributed by atoms with Crippen molar-refractivity contribution in [3.63, 3.8) is 0 Å². The summed E-state index contributed by atoms with van der Waals surface area (Å²) in [6.07, 6.45) is 1.41. The van der Waals surface area contributed by atoms with E-state index in [-0.39, 0.29) is 18.1 Å². The third kappa shape index (κ3) is 2.72. The predicted molar refractivity (Wildman–Crippen MR) is 86.6 cm³/mol. The number of anilines is 1. The Morgan fingerprint density at radius 1 is 1.32 bits per heavy atom. The van der Waals surface area contributed by atoms with Crippen molar-refractivity contribution in [1.29, 1.82) is 5.26 Å². The molecule has 0 bridgehead atoms. The number of nitrogens with zero attached hydrogens (tertiary/aromatic N) is 4. The molecule has 1 aliphatic heterocycles. The van der Waals surface area contributed by atoms with Crippen LogP contribution in [-0.2, 0) is 23.2 Å². The summed E-state index contributed by atoms with van der Waals surface area (Å²) in [6, 6.07) is 9.89. The Balaban J connectivity index is 1.46. The van der Waals surface area contributed by atoms with Gasteiger partial charge in [-0.25, -0.2) is 4.79 Å². The van der Waals surface area contributed by atoms with Gasteiger partial charge in [-0.05, 0) is 30.5 Å². The first-order valence-corrected chi connectivity index (χ1v) is 8.14. The van der Waals surface area contributed by atoms with Gasteiger partial charge in [-0.15, -0.1) is 0 Å². The van der Waals surface area contributed by atoms with E-state index >= 15 is 0 Å². The monoisotopic (exact) mass is 339 g/mol. The smallest absolute Gasteiger partial charge is 0.414 e. The van der Waals surface area contributed by atoms with Gasteiger partial charge in [0.1, 0.15) is 11.8 Å². The second kappa shape index (κ2) is 5.86. The fraction of sp³-hybridized carbons (Fsp3) is 0.412. The van der Waals surface area contributed by atoms with Gasteiger partial charge in [0.2, 0.25) is 0 Å². The molecule has 0 radical (unpaired) electrons. The normalized spacial score (nSPS) is 21.0. The molecule has 1 saturated heterocycles. The number of benzene rings is 1. The minimum Gasteiger partial charge on any atom is -0.444 e. The highest BCUT2D eigenvalue weighted by Crippen LogP contribution is 2.47. The number of ether oxygens (including phenoxy) is 1. The minimum atomic E-state index is -0.409. The molecule has 2 aromatic rings. The molecule has 1 saturated carbocycles. The molecule has 128 valence electrons. The molecule has 8 heteroatoms. The van der Waals surface area contributed by atoms with Crippen LogP contribution >= 0.6 is 0 Å². The molecule has 4 rings (SSSR count). The lowest BCUT2D eigenvalue weighted by Gasteiger charge is -2.14. The summed E-state index contributed by atoms with van der Waals surface area (Å²) in [7, 11) is 0. The Bertz CT molecular complexity index is 835. The standard InChI is InChI=1S/C17H17N5O3/c18-10-17(5-6-17)11-1-3-12(4-2-11)22-8-13(25-16(22)24)7-14-15(9-23)20-21-19-14/h1-4,13,23H,5-9H2,(H,19,20,21)/t13-/m1/s1. The molecule has 2 aliphatic rings. The summed E-state index contributed by atoms with van der Waals surface area (Å²) in [6.45, 7) is 0.192. The van der Waals surface area contributed by atoms with Crippen LogP contribution in [0.1, 0.15) is 29.8 Å². The SMILES string of the molecule is N#CC1(c2ccc(N3C[C@@H](Cc4n[nH]nc4CO)OC3=O)cc2)CC1. The highest BCUT2D eigenvalue weighted by atomic mass is 16.6. The van der Waals surface area contributed by atoms with Crippen LogP contribution in [0.15, 0.2) is 24.3 Å². The van der Waals surface area contributed by atoms with E-state index in [9.17, 15) is 15.2 Å². The second-order valence-corrected chi connectivity index (χ2v) is 6.44. The molecule has 1 aliphatic carbocycles. The molecule has 1 aromatic heterocycles. The molecule has 2 fully saturated rings. The summed E-state index contributed by atoms with van der Waals surface area (Å²) >= 11 is 0. The van der Waals surface area contributed by atoms with E-state index in [1.807, 2.05) is 24.3 Å². The van der Waals surface area contributed by atoms with E-state index in [2.05, 4.69) is 21.5 Å². The van der Waals surface area contributed by atoms with Crippen LogP contribution in [0.4, 0.5) is 10.5 Å². The van der Waals surface area contributed by atoms with Crippen LogP contribution in [0.2, 0.25) is 0 Å². The van der Waals surface area contributed by atoms with Gasteiger partial charge >= 0.3 is 6.09 Å². The van der Waals surface area contributed by atoms with E-state index in [4.69, 9.17) is 4.74 Å². The van der Waals surface area contributed by atoms with Crippen LogP contribution in [0.3, 0.4) is 0 Å². The van der Waals surface area contributed by atoms with E-state index < -0.39 is 6.09 Å². The number of carbonyl (C=O) groups is 1. The molecular formula is C17H17N5O3. The number of amides is 1. The number of nitrogens with one attached hydrogen (secondary N) is 1. The maximum absolute atomic E-state index is 12.2. The van der Waals surface area contributed by atoms with Crippen molar-refractivity contribution in [3.8, 4) is 6.07 Å². The fourth-order valence-electron chi connectivity index (χ4n) is 3.17. The number of carbonyl (C=O) groups excluding carboxylic acids is 1. The Morgan fingerprint density at radius 3 is 2.68 bits per heavy atom. The van der Waals surface area contributed by atoms with Crippen molar-refractivity contribution in [2.45, 2.75) is 37.4 Å². The Morgan fingerprint density at radius 2 is 2.04 bits per heavy atom. The third-order valence-corrected chi connectivity index (χ3v) is 4.84. The number of nitriles is 1. The molecule has 8 nitrogen and oxygen atoms in total. The van der Waals surface area contributed by atoms with Gasteiger partial charge in [-0.3, -0.25) is 4.90 Å². The van der Waals surface area contributed by atoms with Gasteiger partial charge in [-0.2, -0.15) is 20.7 Å². The van der Waals surface area contributed by atoms with Crippen molar-refractivity contribution in [2.24, 2.45) is 0 Å². The Labute approximate surface area is 144 Å². The molecule has 2 heterocycles. The third-order valence-electron chi connectivity index (χ3n) is 4.84. The number of cyclic esters (lactones) is 1. The topological polar surface area (TPSA) is 115 Å². The average Bonchev–Trinajstić information content (AvgIpc) is 3.17. The first kappa shape index (κ1) is 15.6. The maximum atomic E-state index is 12.2. The number of aliphatic hydroxyl groups excluding tert-OH is 1. The summed E-state index contributed by atoms with van der Waals surface area (Å²) in [5.74, 6) is 0. The van der Waals surface area contributed by atoms with Crippen LogP contribution in [0.25, 0.3) is 0 Å². The van der Waals surface area contributed by atoms with E-state index in [0.717, 1.165) is 24.1 Å². The quantitative estimate of drug-likeness (QED) is 0.851. The zero-order valence-corrected chi connectivity index (χ0v) is 13.5. The Kier molecular flexibility index (Phi) is 3.66. The van der Waals surface area contributed by atoms with Crippen molar-refractivity contribution >= 4 is 11.8 Å². The second-order valence-electron chi connectivity index (χ2n) is 6.44. The molecule has 25 heavy (non-hydrogen) atoms. The fourth-order valence-corrected chi connectivity index (χ4v) is 3.17. The van der Waals surface area contributed by atoms with Gasteiger partial charge < -0.3 is 9.84 Å². The molecular weight excluding hydrogens is 322 g/mol. The average molecular weight is 339 g/mol. The first-order valence-electron chi connectivity index (χ1n) is 8.14. The number of aromatic nitrogens is 3. The van der Waals surface area contributed by atoms with Gasteiger partial charge in [0.25, 0.3) is 0 Å². The highest BCUT2D eigenvalue weighted by Gasteiger charge is 2.45. The highest BCUT2D eigenvalue weighted by molar-refractivity contribution is 5.89. The zero-order chi connectivity index (χ0) is 17.4. The predicted octanol–water partition coefficient (Wildman–Crippen LogP) is 1.42. The minimum absolute atomic E-state index is 0.210. The molecule has 1 amide bonds. The van der Waals surface area contributed by atoms with Crippen LogP contribution < -0.4 is 4.90 Å². The molecule has 1 aromatic carbocycles. The molecule has 2 N–H and O–H groups in total.